The molecule has 0 radical (unpaired) electrons. The number of carbonyl (C=O) groups is 2. The first-order valence-corrected chi connectivity index (χ1v) is 9.57. The van der Waals surface area contributed by atoms with Crippen LogP contribution in [0.3, 0.4) is 0 Å². The molecule has 3 N–H and O–H groups in total. The Morgan fingerprint density at radius 2 is 1.63 bits per heavy atom. The zero-order valence-corrected chi connectivity index (χ0v) is 15.7. The molecule has 3 rings (SSSR count). The maximum atomic E-state index is 12.6. The molecule has 1 saturated carbocycles. The molecule has 1 aliphatic carbocycles. The van der Waals surface area contributed by atoms with Gasteiger partial charge in [0, 0.05) is 18.2 Å². The van der Waals surface area contributed by atoms with E-state index in [4.69, 9.17) is 0 Å². The van der Waals surface area contributed by atoms with Gasteiger partial charge in [-0.1, -0.05) is 60.9 Å². The van der Waals surface area contributed by atoms with Crippen LogP contribution in [0, 0.1) is 6.92 Å². The molecule has 0 spiro atoms. The molecule has 1 fully saturated rings. The highest BCUT2D eigenvalue weighted by Crippen LogP contribution is 2.19. The zero-order chi connectivity index (χ0) is 19.1. The van der Waals surface area contributed by atoms with E-state index in [-0.39, 0.29) is 24.0 Å². The predicted molar refractivity (Wildman–Crippen MR) is 107 cm³/mol. The Hall–Kier alpha value is -2.82. The zero-order valence-electron chi connectivity index (χ0n) is 15.7. The van der Waals surface area contributed by atoms with Crippen LogP contribution in [0.15, 0.2) is 54.6 Å². The van der Waals surface area contributed by atoms with E-state index in [1.165, 1.54) is 0 Å². The maximum absolute atomic E-state index is 12.6. The van der Waals surface area contributed by atoms with Crippen LogP contribution >= 0.6 is 0 Å². The molecule has 0 aliphatic heterocycles. The van der Waals surface area contributed by atoms with Crippen molar-refractivity contribution < 1.29 is 9.59 Å². The molecular weight excluding hydrogens is 338 g/mol. The van der Waals surface area contributed by atoms with Crippen molar-refractivity contribution in [2.24, 2.45) is 0 Å². The summed E-state index contributed by atoms with van der Waals surface area (Å²) >= 11 is 0. The molecule has 0 aromatic heterocycles. The second-order valence-electron chi connectivity index (χ2n) is 7.15. The minimum Gasteiger partial charge on any atom is -0.347 e. The van der Waals surface area contributed by atoms with Gasteiger partial charge < -0.3 is 16.0 Å². The third-order valence-corrected chi connectivity index (χ3v) is 4.98. The number of hydrogen-bond donors (Lipinski definition) is 3. The molecule has 5 heteroatoms. The number of hydrogen-bond acceptors (Lipinski definition) is 2. The lowest BCUT2D eigenvalue weighted by Crippen LogP contribution is -2.55. The van der Waals surface area contributed by atoms with Crippen LogP contribution in [0.5, 0.6) is 0 Å². The lowest BCUT2D eigenvalue weighted by Gasteiger charge is -2.32. The Balaban J connectivity index is 1.55. The maximum Gasteiger partial charge on any atom is 0.315 e. The van der Waals surface area contributed by atoms with Gasteiger partial charge in [-0.2, -0.15) is 0 Å². The monoisotopic (exact) mass is 365 g/mol. The van der Waals surface area contributed by atoms with E-state index in [0.717, 1.165) is 36.8 Å². The van der Waals surface area contributed by atoms with Crippen molar-refractivity contribution >= 4 is 11.9 Å². The topological polar surface area (TPSA) is 70.2 Å². The number of carbonyl (C=O) groups excluding carboxylic acids is 2. The number of urea groups is 1. The van der Waals surface area contributed by atoms with Crippen LogP contribution in [0.2, 0.25) is 0 Å². The summed E-state index contributed by atoms with van der Waals surface area (Å²) in [6.07, 6.45) is 3.86. The first-order chi connectivity index (χ1) is 13.1. The minimum absolute atomic E-state index is 0.0470. The molecule has 2 atom stereocenters. The largest absolute Gasteiger partial charge is 0.347 e. The highest BCUT2D eigenvalue weighted by molar-refractivity contribution is 5.94. The molecule has 5 nitrogen and oxygen atoms in total. The first kappa shape index (κ1) is 19.0. The smallest absolute Gasteiger partial charge is 0.315 e. The second kappa shape index (κ2) is 9.21. The van der Waals surface area contributed by atoms with Gasteiger partial charge in [-0.05, 0) is 37.5 Å². The summed E-state index contributed by atoms with van der Waals surface area (Å²) < 4.78 is 0. The Morgan fingerprint density at radius 1 is 0.926 bits per heavy atom. The van der Waals surface area contributed by atoms with Crippen LogP contribution < -0.4 is 16.0 Å². The molecule has 0 bridgehead atoms. The van der Waals surface area contributed by atoms with Gasteiger partial charge in [0.1, 0.15) is 0 Å². The molecule has 2 aromatic carbocycles. The molecule has 3 amide bonds. The lowest BCUT2D eigenvalue weighted by molar-refractivity contribution is 0.0915. The van der Waals surface area contributed by atoms with Crippen molar-refractivity contribution in [3.05, 3.63) is 71.3 Å². The van der Waals surface area contributed by atoms with Crippen molar-refractivity contribution in [2.45, 2.75) is 51.2 Å². The third kappa shape index (κ3) is 5.58. The Kier molecular flexibility index (Phi) is 6.47. The summed E-state index contributed by atoms with van der Waals surface area (Å²) in [6.45, 7) is 2.46. The molecular formula is C22H27N3O2. The van der Waals surface area contributed by atoms with E-state index in [1.807, 2.05) is 61.5 Å². The fraction of sp³-hybridized carbons (Fsp3) is 0.364. The predicted octanol–water partition coefficient (Wildman–Crippen LogP) is 3.54. The number of benzene rings is 2. The Bertz CT molecular complexity index is 776. The summed E-state index contributed by atoms with van der Waals surface area (Å²) in [7, 11) is 0. The Morgan fingerprint density at radius 3 is 2.33 bits per heavy atom. The molecule has 2 unspecified atom stereocenters. The van der Waals surface area contributed by atoms with Gasteiger partial charge in [-0.3, -0.25) is 4.79 Å². The van der Waals surface area contributed by atoms with Crippen LogP contribution in [0.1, 0.15) is 47.2 Å². The Labute approximate surface area is 160 Å². The van der Waals surface area contributed by atoms with Crippen LogP contribution in [0.25, 0.3) is 0 Å². The van der Waals surface area contributed by atoms with Crippen molar-refractivity contribution in [2.75, 3.05) is 0 Å². The normalized spacial score (nSPS) is 19.1. The van der Waals surface area contributed by atoms with Gasteiger partial charge >= 0.3 is 6.03 Å². The van der Waals surface area contributed by atoms with E-state index in [1.54, 1.807) is 0 Å². The average molecular weight is 365 g/mol. The van der Waals surface area contributed by atoms with Crippen LogP contribution in [-0.2, 0) is 6.54 Å². The van der Waals surface area contributed by atoms with Crippen molar-refractivity contribution in [1.82, 2.24) is 16.0 Å². The summed E-state index contributed by atoms with van der Waals surface area (Å²) in [5.41, 5.74) is 2.77. The number of aryl methyl sites for hydroxylation is 1. The molecule has 27 heavy (non-hydrogen) atoms. The molecule has 2 aromatic rings. The van der Waals surface area contributed by atoms with Crippen LogP contribution in [-0.4, -0.2) is 24.0 Å². The summed E-state index contributed by atoms with van der Waals surface area (Å²) in [5, 5.41) is 9.05. The third-order valence-electron chi connectivity index (χ3n) is 4.98. The highest BCUT2D eigenvalue weighted by atomic mass is 16.2. The average Bonchev–Trinajstić information content (AvgIpc) is 2.69. The SMILES string of the molecule is Cc1cccc(C(=O)NC2CCCCC2NC(=O)NCc2ccccc2)c1. The van der Waals surface area contributed by atoms with E-state index in [9.17, 15) is 9.59 Å². The fourth-order valence-electron chi connectivity index (χ4n) is 3.51. The quantitative estimate of drug-likeness (QED) is 0.758. The number of amides is 3. The summed E-state index contributed by atoms with van der Waals surface area (Å²) in [5.74, 6) is -0.0814. The second-order valence-corrected chi connectivity index (χ2v) is 7.15. The van der Waals surface area contributed by atoms with Gasteiger partial charge in [0.25, 0.3) is 5.91 Å². The van der Waals surface area contributed by atoms with E-state index < -0.39 is 0 Å². The molecule has 0 heterocycles. The van der Waals surface area contributed by atoms with E-state index >= 15 is 0 Å². The fourth-order valence-corrected chi connectivity index (χ4v) is 3.51. The van der Waals surface area contributed by atoms with E-state index in [2.05, 4.69) is 16.0 Å². The molecule has 0 saturated heterocycles. The van der Waals surface area contributed by atoms with Crippen molar-refractivity contribution in [3.63, 3.8) is 0 Å². The van der Waals surface area contributed by atoms with Gasteiger partial charge in [-0.25, -0.2) is 4.79 Å². The van der Waals surface area contributed by atoms with Gasteiger partial charge in [-0.15, -0.1) is 0 Å². The summed E-state index contributed by atoms with van der Waals surface area (Å²) in [6, 6.07) is 17.1. The van der Waals surface area contributed by atoms with E-state index in [0.29, 0.717) is 12.1 Å². The number of nitrogens with one attached hydrogen (secondary N) is 3. The number of rotatable bonds is 5. The first-order valence-electron chi connectivity index (χ1n) is 9.57. The minimum atomic E-state index is -0.194. The van der Waals surface area contributed by atoms with Gasteiger partial charge in [0.2, 0.25) is 0 Å². The molecule has 142 valence electrons. The standard InChI is InChI=1S/C22H27N3O2/c1-16-8-7-11-18(14-16)21(26)24-19-12-5-6-13-20(19)25-22(27)23-15-17-9-3-2-4-10-17/h2-4,7-11,14,19-20H,5-6,12-13,15H2,1H3,(H,24,26)(H2,23,25,27). The summed E-state index contributed by atoms with van der Waals surface area (Å²) in [4.78, 5) is 24.9. The van der Waals surface area contributed by atoms with Gasteiger partial charge in [0.15, 0.2) is 0 Å². The van der Waals surface area contributed by atoms with Gasteiger partial charge in [0.05, 0.1) is 6.04 Å². The van der Waals surface area contributed by atoms with Crippen LogP contribution in [0.4, 0.5) is 4.79 Å². The molecule has 1 aliphatic rings. The van der Waals surface area contributed by atoms with Crippen molar-refractivity contribution in [3.8, 4) is 0 Å². The highest BCUT2D eigenvalue weighted by Gasteiger charge is 2.28. The lowest BCUT2D eigenvalue weighted by atomic mass is 9.90. The van der Waals surface area contributed by atoms with Crippen molar-refractivity contribution in [1.29, 1.82) is 0 Å².